The van der Waals surface area contributed by atoms with E-state index in [1.54, 1.807) is 24.3 Å². The van der Waals surface area contributed by atoms with Gasteiger partial charge < -0.3 is 15.0 Å². The second-order valence-electron chi connectivity index (χ2n) is 7.95. The van der Waals surface area contributed by atoms with Crippen molar-refractivity contribution in [2.45, 2.75) is 25.8 Å². The molecule has 3 aromatic carbocycles. The number of carbonyl (C=O) groups is 2. The maximum Gasteiger partial charge on any atom is 0.256 e. The lowest BCUT2D eigenvalue weighted by Gasteiger charge is -2.24. The summed E-state index contributed by atoms with van der Waals surface area (Å²) in [6.45, 7) is 3.03. The Morgan fingerprint density at radius 1 is 0.971 bits per heavy atom. The fourth-order valence-electron chi connectivity index (χ4n) is 3.99. The van der Waals surface area contributed by atoms with E-state index in [0.717, 1.165) is 11.3 Å². The molecule has 1 aliphatic rings. The third-order valence-electron chi connectivity index (χ3n) is 5.65. The Balaban J connectivity index is 1.50. The molecule has 1 fully saturated rings. The van der Waals surface area contributed by atoms with Gasteiger partial charge in [0.15, 0.2) is 5.11 Å². The smallest absolute Gasteiger partial charge is 0.256 e. The first kappa shape index (κ1) is 23.4. The number of thiocarbonyl (C=S) groups is 1. The Hall–Kier alpha value is -3.71. The molecule has 1 saturated heterocycles. The number of amides is 2. The van der Waals surface area contributed by atoms with E-state index in [-0.39, 0.29) is 18.2 Å². The molecule has 0 bridgehead atoms. The van der Waals surface area contributed by atoms with Gasteiger partial charge in [0.25, 0.3) is 5.91 Å². The van der Waals surface area contributed by atoms with E-state index in [9.17, 15) is 9.59 Å². The summed E-state index contributed by atoms with van der Waals surface area (Å²) in [7, 11) is 0. The molecule has 34 heavy (non-hydrogen) atoms. The molecule has 174 valence electrons. The number of hydrogen-bond acceptors (Lipinski definition) is 4. The van der Waals surface area contributed by atoms with Crippen molar-refractivity contribution in [3.05, 3.63) is 90.5 Å². The first-order chi connectivity index (χ1) is 16.6. The van der Waals surface area contributed by atoms with Crippen LogP contribution in [0.4, 0.5) is 11.4 Å². The molecule has 2 amide bonds. The van der Waals surface area contributed by atoms with Gasteiger partial charge in [-0.1, -0.05) is 48.5 Å². The third-order valence-corrected chi connectivity index (χ3v) is 6.06. The Kier molecular flexibility index (Phi) is 7.54. The lowest BCUT2D eigenvalue weighted by molar-refractivity contribution is -0.124. The lowest BCUT2D eigenvalue weighted by atomic mass is 10.1. The third kappa shape index (κ3) is 5.43. The van der Waals surface area contributed by atoms with Crippen LogP contribution >= 0.6 is 12.2 Å². The minimum absolute atomic E-state index is 0.00427. The molecule has 1 aliphatic heterocycles. The van der Waals surface area contributed by atoms with Crippen LogP contribution in [0.1, 0.15) is 18.9 Å². The van der Waals surface area contributed by atoms with Crippen LogP contribution in [0, 0.1) is 0 Å². The van der Waals surface area contributed by atoms with Crippen molar-refractivity contribution >= 4 is 40.5 Å². The van der Waals surface area contributed by atoms with Gasteiger partial charge in [0.2, 0.25) is 5.91 Å². The highest BCUT2D eigenvalue weighted by molar-refractivity contribution is 7.80. The Bertz CT molecular complexity index is 1140. The molecule has 0 radical (unpaired) electrons. The number of ether oxygens (including phenoxy) is 1. The van der Waals surface area contributed by atoms with Crippen molar-refractivity contribution in [1.29, 1.82) is 0 Å². The standard InChI is InChI=1S/C27H27N3O3S/c1-2-33-23-15-13-21(14-16-23)28-25(31)19-24-26(32)30(22-11-7-4-8-12-22)27(34)29(24)18-17-20-9-5-3-6-10-20/h3-16,24H,2,17-19H2,1H3,(H,28,31). The molecule has 0 aliphatic carbocycles. The highest BCUT2D eigenvalue weighted by Crippen LogP contribution is 2.27. The second-order valence-corrected chi connectivity index (χ2v) is 8.31. The molecule has 0 spiro atoms. The average molecular weight is 474 g/mol. The van der Waals surface area contributed by atoms with E-state index >= 15 is 0 Å². The second kappa shape index (κ2) is 10.9. The number of para-hydroxylation sites is 1. The number of benzene rings is 3. The summed E-state index contributed by atoms with van der Waals surface area (Å²) >= 11 is 5.72. The summed E-state index contributed by atoms with van der Waals surface area (Å²) in [5.74, 6) is 0.304. The molecule has 1 heterocycles. The largest absolute Gasteiger partial charge is 0.494 e. The van der Waals surface area contributed by atoms with Crippen LogP contribution < -0.4 is 15.0 Å². The molecule has 4 rings (SSSR count). The zero-order valence-electron chi connectivity index (χ0n) is 19.0. The molecule has 1 N–H and O–H groups in total. The van der Waals surface area contributed by atoms with Crippen LogP contribution in [0.15, 0.2) is 84.9 Å². The number of anilines is 2. The zero-order chi connectivity index (χ0) is 23.9. The predicted octanol–water partition coefficient (Wildman–Crippen LogP) is 4.66. The fourth-order valence-corrected chi connectivity index (χ4v) is 4.40. The minimum atomic E-state index is -0.667. The van der Waals surface area contributed by atoms with Crippen LogP contribution in [0.3, 0.4) is 0 Å². The van der Waals surface area contributed by atoms with E-state index in [0.29, 0.717) is 36.1 Å². The summed E-state index contributed by atoms with van der Waals surface area (Å²) in [5, 5.41) is 3.31. The summed E-state index contributed by atoms with van der Waals surface area (Å²) in [6.07, 6.45) is 0.720. The normalized spacial score (nSPS) is 15.5. The quantitative estimate of drug-likeness (QED) is 0.458. The van der Waals surface area contributed by atoms with Crippen LogP contribution in [0.2, 0.25) is 0 Å². The van der Waals surface area contributed by atoms with Crippen LogP contribution in [0.25, 0.3) is 0 Å². The molecule has 7 heteroatoms. The lowest BCUT2D eigenvalue weighted by Crippen LogP contribution is -2.39. The molecule has 0 saturated carbocycles. The van der Waals surface area contributed by atoms with Gasteiger partial charge in [0.1, 0.15) is 11.8 Å². The van der Waals surface area contributed by atoms with Crippen LogP contribution in [0.5, 0.6) is 5.75 Å². The van der Waals surface area contributed by atoms with Crippen molar-refractivity contribution in [2.75, 3.05) is 23.4 Å². The monoisotopic (exact) mass is 473 g/mol. The number of rotatable bonds is 9. The Morgan fingerprint density at radius 3 is 2.26 bits per heavy atom. The summed E-state index contributed by atoms with van der Waals surface area (Å²) in [5.41, 5.74) is 2.50. The van der Waals surface area contributed by atoms with E-state index in [2.05, 4.69) is 5.32 Å². The number of nitrogens with one attached hydrogen (secondary N) is 1. The molecule has 0 aromatic heterocycles. The van der Waals surface area contributed by atoms with Gasteiger partial charge in [-0.05, 0) is 67.5 Å². The van der Waals surface area contributed by atoms with E-state index < -0.39 is 6.04 Å². The highest BCUT2D eigenvalue weighted by Gasteiger charge is 2.43. The molecule has 6 nitrogen and oxygen atoms in total. The number of carbonyl (C=O) groups excluding carboxylic acids is 2. The fraction of sp³-hybridized carbons (Fsp3) is 0.222. The molecular formula is C27H27N3O3S. The van der Waals surface area contributed by atoms with Crippen LogP contribution in [-0.4, -0.2) is 41.0 Å². The first-order valence-electron chi connectivity index (χ1n) is 11.3. The van der Waals surface area contributed by atoms with E-state index in [1.165, 1.54) is 4.90 Å². The van der Waals surface area contributed by atoms with E-state index in [4.69, 9.17) is 17.0 Å². The van der Waals surface area contributed by atoms with Gasteiger partial charge in [-0.2, -0.15) is 0 Å². The zero-order valence-corrected chi connectivity index (χ0v) is 19.8. The van der Waals surface area contributed by atoms with Gasteiger partial charge in [-0.15, -0.1) is 0 Å². The summed E-state index contributed by atoms with van der Waals surface area (Å²) in [6, 6.07) is 25.9. The predicted molar refractivity (Wildman–Crippen MR) is 138 cm³/mol. The van der Waals surface area contributed by atoms with Crippen molar-refractivity contribution in [3.8, 4) is 5.75 Å². The van der Waals surface area contributed by atoms with Crippen LogP contribution in [-0.2, 0) is 16.0 Å². The van der Waals surface area contributed by atoms with Crippen molar-refractivity contribution in [2.24, 2.45) is 0 Å². The first-order valence-corrected chi connectivity index (χ1v) is 11.7. The van der Waals surface area contributed by atoms with Gasteiger partial charge in [0, 0.05) is 12.2 Å². The van der Waals surface area contributed by atoms with Crippen molar-refractivity contribution in [3.63, 3.8) is 0 Å². The highest BCUT2D eigenvalue weighted by atomic mass is 32.1. The Labute approximate surface area is 205 Å². The van der Waals surface area contributed by atoms with Gasteiger partial charge in [-0.3, -0.25) is 14.5 Å². The molecule has 1 unspecified atom stereocenters. The van der Waals surface area contributed by atoms with Crippen molar-refractivity contribution in [1.82, 2.24) is 4.90 Å². The SMILES string of the molecule is CCOc1ccc(NC(=O)CC2C(=O)N(c3ccccc3)C(=S)N2CCc2ccccc2)cc1. The van der Waals surface area contributed by atoms with Gasteiger partial charge in [-0.25, -0.2) is 0 Å². The minimum Gasteiger partial charge on any atom is -0.494 e. The number of nitrogens with zero attached hydrogens (tertiary/aromatic N) is 2. The maximum atomic E-state index is 13.4. The van der Waals surface area contributed by atoms with Crippen molar-refractivity contribution < 1.29 is 14.3 Å². The topological polar surface area (TPSA) is 61.9 Å². The summed E-state index contributed by atoms with van der Waals surface area (Å²) in [4.78, 5) is 29.8. The molecule has 1 atom stereocenters. The molecular weight excluding hydrogens is 446 g/mol. The summed E-state index contributed by atoms with van der Waals surface area (Å²) < 4.78 is 5.45. The molecule has 3 aromatic rings. The van der Waals surface area contributed by atoms with Gasteiger partial charge >= 0.3 is 0 Å². The van der Waals surface area contributed by atoms with E-state index in [1.807, 2.05) is 72.5 Å². The number of hydrogen-bond donors (Lipinski definition) is 1. The Morgan fingerprint density at radius 2 is 1.62 bits per heavy atom. The average Bonchev–Trinajstić information content (AvgIpc) is 3.09. The van der Waals surface area contributed by atoms with Gasteiger partial charge in [0.05, 0.1) is 18.7 Å². The maximum absolute atomic E-state index is 13.4.